The third-order valence-corrected chi connectivity index (χ3v) is 4.66. The van der Waals surface area contributed by atoms with Gasteiger partial charge in [-0.1, -0.05) is 0 Å². The number of aromatic nitrogens is 4. The molecule has 0 spiro atoms. The van der Waals surface area contributed by atoms with Crippen LogP contribution in [0.2, 0.25) is 0 Å². The number of aryl methyl sites for hydroxylation is 1. The fourth-order valence-corrected chi connectivity index (χ4v) is 2.91. The second kappa shape index (κ2) is 8.86. The molecule has 0 aromatic carbocycles. The number of hydrogen-bond acceptors (Lipinski definition) is 6. The molecule has 1 saturated heterocycles. The van der Waals surface area contributed by atoms with Crippen LogP contribution in [0.5, 0.6) is 0 Å². The fraction of sp³-hybridized carbons (Fsp3) is 0.500. The Morgan fingerprint density at radius 3 is 2.79 bits per heavy atom. The molecule has 11 nitrogen and oxygen atoms in total. The summed E-state index contributed by atoms with van der Waals surface area (Å²) in [7, 11) is 0. The number of carbonyl (C=O) groups excluding carboxylic acids is 2. The number of nitrogens with zero attached hydrogens (tertiary/aromatic N) is 4. The highest BCUT2D eigenvalue weighted by molar-refractivity contribution is 6.07. The molecule has 11 heteroatoms. The van der Waals surface area contributed by atoms with Gasteiger partial charge in [0.05, 0.1) is 11.8 Å². The van der Waals surface area contributed by atoms with Gasteiger partial charge >= 0.3 is 5.97 Å². The highest BCUT2D eigenvalue weighted by Gasteiger charge is 2.23. The number of aliphatic carboxylic acids is 1. The maximum Gasteiger partial charge on any atom is 0.328 e. The van der Waals surface area contributed by atoms with Crippen molar-refractivity contribution < 1.29 is 24.2 Å². The molecule has 2 aromatic heterocycles. The van der Waals surface area contributed by atoms with Crippen LogP contribution in [0.4, 0.5) is 5.69 Å². The summed E-state index contributed by atoms with van der Waals surface area (Å²) >= 11 is 0. The summed E-state index contributed by atoms with van der Waals surface area (Å²) in [5, 5.41) is 22.7. The first-order chi connectivity index (χ1) is 13.9. The molecule has 2 aromatic rings. The summed E-state index contributed by atoms with van der Waals surface area (Å²) in [5.74, 6) is -2.03. The Bertz CT molecular complexity index is 898. The van der Waals surface area contributed by atoms with Gasteiger partial charge in [-0.15, -0.1) is 0 Å². The smallest absolute Gasteiger partial charge is 0.328 e. The molecule has 0 aliphatic carbocycles. The molecule has 1 aliphatic heterocycles. The second-order valence-corrected chi connectivity index (χ2v) is 6.74. The second-order valence-electron chi connectivity index (χ2n) is 6.74. The fourth-order valence-electron chi connectivity index (χ4n) is 2.91. The predicted molar refractivity (Wildman–Crippen MR) is 102 cm³/mol. The van der Waals surface area contributed by atoms with Gasteiger partial charge in [0.25, 0.3) is 11.8 Å². The Balaban J connectivity index is 1.71. The van der Waals surface area contributed by atoms with Crippen LogP contribution in [-0.4, -0.2) is 61.7 Å². The number of ether oxygens (including phenoxy) is 1. The number of carboxylic acids is 1. The number of carbonyl (C=O) groups is 3. The van der Waals surface area contributed by atoms with Crippen LogP contribution in [0, 0.1) is 0 Å². The molecule has 1 aliphatic rings. The Labute approximate surface area is 167 Å². The minimum absolute atomic E-state index is 0.00885. The molecule has 1 fully saturated rings. The van der Waals surface area contributed by atoms with E-state index in [1.165, 1.54) is 23.9 Å². The molecule has 0 saturated carbocycles. The monoisotopic (exact) mass is 404 g/mol. The summed E-state index contributed by atoms with van der Waals surface area (Å²) in [6.07, 6.45) is 4.84. The van der Waals surface area contributed by atoms with E-state index in [1.807, 2.05) is 6.92 Å². The van der Waals surface area contributed by atoms with Gasteiger partial charge in [0.1, 0.15) is 6.04 Å². The zero-order valence-electron chi connectivity index (χ0n) is 16.3. The van der Waals surface area contributed by atoms with Crippen LogP contribution in [0.25, 0.3) is 0 Å². The van der Waals surface area contributed by atoms with Gasteiger partial charge in [-0.05, 0) is 32.8 Å². The first-order valence-corrected chi connectivity index (χ1v) is 9.45. The van der Waals surface area contributed by atoms with E-state index in [0.717, 1.165) is 12.8 Å². The highest BCUT2D eigenvalue weighted by Crippen LogP contribution is 2.17. The first kappa shape index (κ1) is 20.5. The minimum atomic E-state index is -1.06. The van der Waals surface area contributed by atoms with Gasteiger partial charge in [-0.25, -0.2) is 4.79 Å². The van der Waals surface area contributed by atoms with Gasteiger partial charge in [-0.3, -0.25) is 19.0 Å². The van der Waals surface area contributed by atoms with Crippen LogP contribution in [-0.2, 0) is 16.1 Å². The summed E-state index contributed by atoms with van der Waals surface area (Å²) in [6.45, 7) is 4.91. The maximum atomic E-state index is 12.6. The van der Waals surface area contributed by atoms with Crippen LogP contribution in [0.3, 0.4) is 0 Å². The van der Waals surface area contributed by atoms with E-state index in [-0.39, 0.29) is 23.2 Å². The number of amides is 2. The molecule has 3 heterocycles. The zero-order valence-corrected chi connectivity index (χ0v) is 16.3. The standard InChI is InChI=1S/C18H24N6O5/c1-3-23-10-14(15(22-23)17(26)19-9-12-5-4-8-29-12)20-16(25)13-6-7-24(21-13)11(2)18(27)28/h6-7,10-12H,3-5,8-9H2,1-2H3,(H,19,26)(H,20,25)(H,27,28). The molecule has 3 rings (SSSR count). The molecule has 2 unspecified atom stereocenters. The van der Waals surface area contributed by atoms with Gasteiger partial charge in [0.2, 0.25) is 0 Å². The normalized spacial score (nSPS) is 17.1. The molecular weight excluding hydrogens is 380 g/mol. The van der Waals surface area contributed by atoms with Gasteiger partial charge < -0.3 is 20.5 Å². The van der Waals surface area contributed by atoms with E-state index in [1.54, 1.807) is 10.9 Å². The molecular formula is C18H24N6O5. The Morgan fingerprint density at radius 2 is 2.14 bits per heavy atom. The van der Waals surface area contributed by atoms with E-state index in [0.29, 0.717) is 19.7 Å². The molecule has 3 N–H and O–H groups in total. The highest BCUT2D eigenvalue weighted by atomic mass is 16.5. The molecule has 0 bridgehead atoms. The molecule has 0 radical (unpaired) electrons. The van der Waals surface area contributed by atoms with E-state index < -0.39 is 23.8 Å². The average Bonchev–Trinajstić information content (AvgIpc) is 3.45. The summed E-state index contributed by atoms with van der Waals surface area (Å²) in [5.41, 5.74) is 0.382. The zero-order chi connectivity index (χ0) is 21.0. The molecule has 2 amide bonds. The van der Waals surface area contributed by atoms with Gasteiger partial charge in [0, 0.05) is 32.1 Å². The van der Waals surface area contributed by atoms with Crippen LogP contribution in [0.15, 0.2) is 18.5 Å². The van der Waals surface area contributed by atoms with Gasteiger partial charge in [0.15, 0.2) is 11.4 Å². The summed E-state index contributed by atoms with van der Waals surface area (Å²) in [4.78, 5) is 36.2. The van der Waals surface area contributed by atoms with E-state index in [9.17, 15) is 14.4 Å². The van der Waals surface area contributed by atoms with Crippen LogP contribution in [0.1, 0.15) is 53.7 Å². The van der Waals surface area contributed by atoms with Crippen molar-refractivity contribution in [3.63, 3.8) is 0 Å². The number of anilines is 1. The lowest BCUT2D eigenvalue weighted by molar-refractivity contribution is -0.140. The van der Waals surface area contributed by atoms with Crippen LogP contribution >= 0.6 is 0 Å². The summed E-state index contributed by atoms with van der Waals surface area (Å²) < 4.78 is 8.22. The lowest BCUT2D eigenvalue weighted by atomic mass is 10.2. The Hall–Kier alpha value is -3.21. The average molecular weight is 404 g/mol. The van der Waals surface area contributed by atoms with Crippen molar-refractivity contribution >= 4 is 23.5 Å². The summed E-state index contributed by atoms with van der Waals surface area (Å²) in [6, 6.07) is 0.509. The van der Waals surface area contributed by atoms with Crippen molar-refractivity contribution in [2.24, 2.45) is 0 Å². The number of rotatable bonds is 8. The molecule has 2 atom stereocenters. The lowest BCUT2D eigenvalue weighted by Gasteiger charge is -2.10. The third kappa shape index (κ3) is 4.80. The molecule has 29 heavy (non-hydrogen) atoms. The number of hydrogen-bond donors (Lipinski definition) is 3. The Morgan fingerprint density at radius 1 is 1.34 bits per heavy atom. The quantitative estimate of drug-likeness (QED) is 0.594. The lowest BCUT2D eigenvalue weighted by Crippen LogP contribution is -2.32. The van der Waals surface area contributed by atoms with Crippen molar-refractivity contribution in [2.45, 2.75) is 45.4 Å². The van der Waals surface area contributed by atoms with E-state index >= 15 is 0 Å². The van der Waals surface area contributed by atoms with Gasteiger partial charge in [-0.2, -0.15) is 10.2 Å². The van der Waals surface area contributed by atoms with Crippen molar-refractivity contribution in [3.05, 3.63) is 29.8 Å². The van der Waals surface area contributed by atoms with Crippen LogP contribution < -0.4 is 10.6 Å². The van der Waals surface area contributed by atoms with Crippen molar-refractivity contribution in [1.82, 2.24) is 24.9 Å². The first-order valence-electron chi connectivity index (χ1n) is 9.45. The largest absolute Gasteiger partial charge is 0.480 e. The van der Waals surface area contributed by atoms with Crippen molar-refractivity contribution in [3.8, 4) is 0 Å². The van der Waals surface area contributed by atoms with Crippen molar-refractivity contribution in [2.75, 3.05) is 18.5 Å². The number of carboxylic acid groups (broad SMARTS) is 1. The maximum absolute atomic E-state index is 12.6. The predicted octanol–water partition coefficient (Wildman–Crippen LogP) is 0.906. The topological polar surface area (TPSA) is 140 Å². The number of nitrogens with one attached hydrogen (secondary N) is 2. The SMILES string of the molecule is CCn1cc(NC(=O)c2ccn(C(C)C(=O)O)n2)c(C(=O)NCC2CCCO2)n1. The minimum Gasteiger partial charge on any atom is -0.480 e. The van der Waals surface area contributed by atoms with Crippen molar-refractivity contribution in [1.29, 1.82) is 0 Å². The third-order valence-electron chi connectivity index (χ3n) is 4.66. The molecule has 156 valence electrons. The van der Waals surface area contributed by atoms with E-state index in [4.69, 9.17) is 9.84 Å². The van der Waals surface area contributed by atoms with E-state index in [2.05, 4.69) is 20.8 Å². The Kier molecular flexibility index (Phi) is 6.27.